The fraction of sp³-hybridized carbons (Fsp3) is 0.333. The van der Waals surface area contributed by atoms with Crippen molar-refractivity contribution in [3.05, 3.63) is 36.3 Å². The van der Waals surface area contributed by atoms with Crippen LogP contribution in [-0.2, 0) is 16.0 Å². The Kier molecular flexibility index (Phi) is 3.72. The molecule has 0 aliphatic heterocycles. The SMILES string of the molecule is COCCNC(=O)Cc1cn2ccccc2n1. The lowest BCUT2D eigenvalue weighted by molar-refractivity contribution is -0.120. The molecule has 0 aliphatic carbocycles. The molecule has 0 saturated carbocycles. The number of amides is 1. The second-order valence-electron chi connectivity index (χ2n) is 3.72. The van der Waals surface area contributed by atoms with Crippen molar-refractivity contribution >= 4 is 11.6 Å². The minimum atomic E-state index is -0.0366. The molecule has 0 aromatic carbocycles. The molecular formula is C12H15N3O2. The van der Waals surface area contributed by atoms with E-state index in [0.29, 0.717) is 19.6 Å². The standard InChI is InChI=1S/C12H15N3O2/c1-17-7-5-13-12(16)8-10-9-15-6-3-2-4-11(15)14-10/h2-4,6,9H,5,7-8H2,1H3,(H,13,16). The number of nitrogens with one attached hydrogen (secondary N) is 1. The Labute approximate surface area is 99.4 Å². The third-order valence-corrected chi connectivity index (χ3v) is 2.38. The molecule has 2 heterocycles. The Morgan fingerprint density at radius 2 is 2.41 bits per heavy atom. The van der Waals surface area contributed by atoms with E-state index in [1.807, 2.05) is 35.0 Å². The maximum atomic E-state index is 11.5. The molecule has 5 nitrogen and oxygen atoms in total. The van der Waals surface area contributed by atoms with Gasteiger partial charge < -0.3 is 14.5 Å². The summed E-state index contributed by atoms with van der Waals surface area (Å²) in [5.74, 6) is -0.0366. The number of methoxy groups -OCH3 is 1. The van der Waals surface area contributed by atoms with Crippen LogP contribution in [0.2, 0.25) is 0 Å². The number of ether oxygens (including phenoxy) is 1. The van der Waals surface area contributed by atoms with E-state index in [-0.39, 0.29) is 5.91 Å². The van der Waals surface area contributed by atoms with Crippen LogP contribution in [0, 0.1) is 0 Å². The summed E-state index contributed by atoms with van der Waals surface area (Å²) in [5.41, 5.74) is 1.62. The summed E-state index contributed by atoms with van der Waals surface area (Å²) in [4.78, 5) is 15.9. The second-order valence-corrected chi connectivity index (χ2v) is 3.72. The number of fused-ring (bicyclic) bond motifs is 1. The quantitative estimate of drug-likeness (QED) is 0.771. The number of imidazole rings is 1. The molecule has 2 rings (SSSR count). The van der Waals surface area contributed by atoms with E-state index in [1.165, 1.54) is 0 Å². The van der Waals surface area contributed by atoms with Crippen LogP contribution in [-0.4, -0.2) is 35.6 Å². The summed E-state index contributed by atoms with van der Waals surface area (Å²) < 4.78 is 6.76. The van der Waals surface area contributed by atoms with Crippen LogP contribution in [0.15, 0.2) is 30.6 Å². The van der Waals surface area contributed by atoms with Gasteiger partial charge in [-0.15, -0.1) is 0 Å². The van der Waals surface area contributed by atoms with Gasteiger partial charge in [0, 0.05) is 26.0 Å². The lowest BCUT2D eigenvalue weighted by Gasteiger charge is -2.01. The first-order valence-electron chi connectivity index (χ1n) is 5.48. The summed E-state index contributed by atoms with van der Waals surface area (Å²) in [5, 5.41) is 2.76. The highest BCUT2D eigenvalue weighted by atomic mass is 16.5. The number of pyridine rings is 1. The monoisotopic (exact) mass is 233 g/mol. The first-order valence-corrected chi connectivity index (χ1v) is 5.48. The smallest absolute Gasteiger partial charge is 0.226 e. The summed E-state index contributed by atoms with van der Waals surface area (Å²) in [7, 11) is 1.61. The van der Waals surface area contributed by atoms with Crippen molar-refractivity contribution in [2.75, 3.05) is 20.3 Å². The molecule has 0 radical (unpaired) electrons. The first kappa shape index (κ1) is 11.6. The zero-order chi connectivity index (χ0) is 12.1. The summed E-state index contributed by atoms with van der Waals surface area (Å²) in [6.45, 7) is 1.06. The molecule has 0 fully saturated rings. The molecule has 5 heteroatoms. The molecule has 0 spiro atoms. The molecule has 0 unspecified atom stereocenters. The van der Waals surface area contributed by atoms with Gasteiger partial charge in [-0.25, -0.2) is 4.98 Å². The third kappa shape index (κ3) is 3.04. The Hall–Kier alpha value is -1.88. The van der Waals surface area contributed by atoms with Crippen molar-refractivity contribution in [2.24, 2.45) is 0 Å². The van der Waals surface area contributed by atoms with Crippen molar-refractivity contribution in [1.82, 2.24) is 14.7 Å². The highest BCUT2D eigenvalue weighted by Gasteiger charge is 2.06. The van der Waals surface area contributed by atoms with E-state index in [4.69, 9.17) is 4.74 Å². The lowest BCUT2D eigenvalue weighted by atomic mass is 10.3. The van der Waals surface area contributed by atoms with E-state index in [2.05, 4.69) is 10.3 Å². The van der Waals surface area contributed by atoms with Gasteiger partial charge in [-0.1, -0.05) is 6.07 Å². The van der Waals surface area contributed by atoms with Crippen LogP contribution in [0.1, 0.15) is 5.69 Å². The minimum absolute atomic E-state index is 0.0366. The molecule has 1 N–H and O–H groups in total. The lowest BCUT2D eigenvalue weighted by Crippen LogP contribution is -2.28. The summed E-state index contributed by atoms with van der Waals surface area (Å²) in [6.07, 6.45) is 4.07. The predicted molar refractivity (Wildman–Crippen MR) is 63.8 cm³/mol. The largest absolute Gasteiger partial charge is 0.383 e. The number of carbonyl (C=O) groups is 1. The Balaban J connectivity index is 1.96. The van der Waals surface area contributed by atoms with Gasteiger partial charge in [0.15, 0.2) is 0 Å². The van der Waals surface area contributed by atoms with Gasteiger partial charge in [0.05, 0.1) is 18.7 Å². The third-order valence-electron chi connectivity index (χ3n) is 2.38. The number of rotatable bonds is 5. The highest BCUT2D eigenvalue weighted by molar-refractivity contribution is 5.78. The molecule has 0 saturated heterocycles. The minimum Gasteiger partial charge on any atom is -0.383 e. The molecule has 90 valence electrons. The predicted octanol–water partition coefficient (Wildman–Crippen LogP) is 0.639. The van der Waals surface area contributed by atoms with E-state index < -0.39 is 0 Å². The number of aromatic nitrogens is 2. The first-order chi connectivity index (χ1) is 8.29. The maximum Gasteiger partial charge on any atom is 0.226 e. The van der Waals surface area contributed by atoms with Crippen molar-refractivity contribution in [3.8, 4) is 0 Å². The van der Waals surface area contributed by atoms with Gasteiger partial charge in [-0.3, -0.25) is 4.79 Å². The topological polar surface area (TPSA) is 55.6 Å². The fourth-order valence-corrected chi connectivity index (χ4v) is 1.59. The highest BCUT2D eigenvalue weighted by Crippen LogP contribution is 2.04. The van der Waals surface area contributed by atoms with Gasteiger partial charge in [-0.05, 0) is 12.1 Å². The van der Waals surface area contributed by atoms with Crippen LogP contribution in [0.3, 0.4) is 0 Å². The molecule has 0 bridgehead atoms. The van der Waals surface area contributed by atoms with Crippen LogP contribution in [0.5, 0.6) is 0 Å². The number of hydrogen-bond donors (Lipinski definition) is 1. The fourth-order valence-electron chi connectivity index (χ4n) is 1.59. The molecule has 1 amide bonds. The summed E-state index contributed by atoms with van der Waals surface area (Å²) in [6, 6.07) is 5.76. The van der Waals surface area contributed by atoms with Crippen molar-refractivity contribution in [1.29, 1.82) is 0 Å². The normalized spacial score (nSPS) is 10.6. The van der Waals surface area contributed by atoms with Gasteiger partial charge >= 0.3 is 0 Å². The van der Waals surface area contributed by atoms with Gasteiger partial charge in [0.1, 0.15) is 5.65 Å². The molecule has 17 heavy (non-hydrogen) atoms. The van der Waals surface area contributed by atoms with Gasteiger partial charge in [0.25, 0.3) is 0 Å². The number of carbonyl (C=O) groups excluding carboxylic acids is 1. The zero-order valence-electron chi connectivity index (χ0n) is 9.72. The Morgan fingerprint density at radius 3 is 3.18 bits per heavy atom. The molecular weight excluding hydrogens is 218 g/mol. The van der Waals surface area contributed by atoms with E-state index in [9.17, 15) is 4.79 Å². The number of hydrogen-bond acceptors (Lipinski definition) is 3. The van der Waals surface area contributed by atoms with Crippen LogP contribution in [0.25, 0.3) is 5.65 Å². The van der Waals surface area contributed by atoms with E-state index >= 15 is 0 Å². The van der Waals surface area contributed by atoms with Crippen molar-refractivity contribution < 1.29 is 9.53 Å². The second kappa shape index (κ2) is 5.45. The Bertz CT molecular complexity index is 474. The van der Waals surface area contributed by atoms with Crippen LogP contribution < -0.4 is 5.32 Å². The molecule has 2 aromatic rings. The zero-order valence-corrected chi connectivity index (χ0v) is 9.72. The molecule has 0 atom stereocenters. The molecule has 0 aliphatic rings. The van der Waals surface area contributed by atoms with E-state index in [0.717, 1.165) is 11.3 Å². The average Bonchev–Trinajstić information content (AvgIpc) is 2.71. The maximum absolute atomic E-state index is 11.5. The van der Waals surface area contributed by atoms with E-state index in [1.54, 1.807) is 7.11 Å². The Morgan fingerprint density at radius 1 is 1.53 bits per heavy atom. The van der Waals surface area contributed by atoms with Gasteiger partial charge in [-0.2, -0.15) is 0 Å². The van der Waals surface area contributed by atoms with Gasteiger partial charge in [0.2, 0.25) is 5.91 Å². The van der Waals surface area contributed by atoms with Crippen LogP contribution >= 0.6 is 0 Å². The average molecular weight is 233 g/mol. The summed E-state index contributed by atoms with van der Waals surface area (Å²) >= 11 is 0. The molecule has 2 aromatic heterocycles. The van der Waals surface area contributed by atoms with Crippen molar-refractivity contribution in [3.63, 3.8) is 0 Å². The number of nitrogens with zero attached hydrogens (tertiary/aromatic N) is 2. The van der Waals surface area contributed by atoms with Crippen molar-refractivity contribution in [2.45, 2.75) is 6.42 Å². The van der Waals surface area contributed by atoms with Crippen LogP contribution in [0.4, 0.5) is 0 Å².